The monoisotopic (exact) mass is 379 g/mol. The molecule has 0 saturated heterocycles. The van der Waals surface area contributed by atoms with Gasteiger partial charge in [0.25, 0.3) is 0 Å². The van der Waals surface area contributed by atoms with Crippen LogP contribution in [-0.2, 0) is 11.4 Å². The minimum atomic E-state index is -1.10. The maximum absolute atomic E-state index is 11.6. The molecule has 1 saturated carbocycles. The van der Waals surface area contributed by atoms with Crippen LogP contribution >= 0.6 is 0 Å². The lowest BCUT2D eigenvalue weighted by molar-refractivity contribution is -0.154. The summed E-state index contributed by atoms with van der Waals surface area (Å²) >= 11 is 0. The lowest BCUT2D eigenvalue weighted by atomic mass is 10.0. The summed E-state index contributed by atoms with van der Waals surface area (Å²) in [5.74, 6) is 0.892. The van der Waals surface area contributed by atoms with Gasteiger partial charge in [0.15, 0.2) is 5.76 Å². The van der Waals surface area contributed by atoms with Crippen LogP contribution in [0.1, 0.15) is 31.4 Å². The molecular formula is C22H21NO5. The molecule has 3 aromatic rings. The second kappa shape index (κ2) is 7.76. The first-order valence-corrected chi connectivity index (χ1v) is 9.31. The van der Waals surface area contributed by atoms with Crippen LogP contribution in [0.15, 0.2) is 65.2 Å². The van der Waals surface area contributed by atoms with Crippen molar-refractivity contribution < 1.29 is 23.9 Å². The number of benzene rings is 2. The van der Waals surface area contributed by atoms with Crippen LogP contribution in [0.2, 0.25) is 0 Å². The van der Waals surface area contributed by atoms with Crippen molar-refractivity contribution in [2.24, 2.45) is 0 Å². The number of rotatable bonds is 7. The smallest absolute Gasteiger partial charge is 0.348 e. The molecule has 0 radical (unpaired) electrons. The van der Waals surface area contributed by atoms with E-state index in [0.717, 1.165) is 24.1 Å². The first-order valence-electron chi connectivity index (χ1n) is 9.31. The van der Waals surface area contributed by atoms with Crippen molar-refractivity contribution in [2.75, 3.05) is 0 Å². The molecular weight excluding hydrogens is 358 g/mol. The zero-order valence-electron chi connectivity index (χ0n) is 15.3. The number of carbonyl (C=O) groups is 1. The van der Waals surface area contributed by atoms with Crippen molar-refractivity contribution in [1.29, 1.82) is 0 Å². The van der Waals surface area contributed by atoms with E-state index in [4.69, 9.17) is 14.0 Å². The van der Waals surface area contributed by atoms with Gasteiger partial charge >= 0.3 is 5.97 Å². The van der Waals surface area contributed by atoms with Gasteiger partial charge in [0, 0.05) is 11.6 Å². The fourth-order valence-corrected chi connectivity index (χ4v) is 3.42. The highest BCUT2D eigenvalue weighted by Crippen LogP contribution is 2.35. The topological polar surface area (TPSA) is 81.8 Å². The quantitative estimate of drug-likeness (QED) is 0.641. The zero-order valence-corrected chi connectivity index (χ0v) is 15.3. The van der Waals surface area contributed by atoms with Crippen molar-refractivity contribution in [2.45, 2.75) is 37.9 Å². The van der Waals surface area contributed by atoms with Gasteiger partial charge < -0.3 is 19.1 Å². The van der Waals surface area contributed by atoms with Crippen LogP contribution in [-0.4, -0.2) is 21.8 Å². The lowest BCUT2D eigenvalue weighted by Gasteiger charge is -2.25. The number of carboxylic acids is 1. The predicted octanol–water partition coefficient (Wildman–Crippen LogP) is 4.70. The van der Waals surface area contributed by atoms with Gasteiger partial charge in [0.05, 0.1) is 0 Å². The molecule has 28 heavy (non-hydrogen) atoms. The van der Waals surface area contributed by atoms with Gasteiger partial charge in [-0.3, -0.25) is 0 Å². The Morgan fingerprint density at radius 2 is 1.71 bits per heavy atom. The Hall–Kier alpha value is -3.28. The molecule has 144 valence electrons. The minimum Gasteiger partial charge on any atom is -0.486 e. The molecule has 0 atom stereocenters. The van der Waals surface area contributed by atoms with Crippen LogP contribution < -0.4 is 9.47 Å². The highest BCUT2D eigenvalue weighted by molar-refractivity contribution is 5.78. The maximum atomic E-state index is 11.6. The molecule has 1 N–H and O–H groups in total. The van der Waals surface area contributed by atoms with Crippen LogP contribution in [0.4, 0.5) is 0 Å². The molecule has 0 unspecified atom stereocenters. The SMILES string of the molecule is O=C(O)C1(Oc2ccc(OCc3cc(-c4ccccc4)no3)cc2)CCCC1. The van der Waals surface area contributed by atoms with E-state index >= 15 is 0 Å². The van der Waals surface area contributed by atoms with E-state index in [0.29, 0.717) is 30.1 Å². The van der Waals surface area contributed by atoms with Gasteiger partial charge in [0.2, 0.25) is 5.60 Å². The van der Waals surface area contributed by atoms with Crippen LogP contribution in [0.5, 0.6) is 11.5 Å². The summed E-state index contributed by atoms with van der Waals surface area (Å²) < 4.78 is 16.9. The summed E-state index contributed by atoms with van der Waals surface area (Å²) in [6.45, 7) is 0.249. The Bertz CT molecular complexity index is 927. The third-order valence-electron chi connectivity index (χ3n) is 4.95. The molecule has 6 nitrogen and oxygen atoms in total. The van der Waals surface area contributed by atoms with Gasteiger partial charge in [0.1, 0.15) is 23.8 Å². The largest absolute Gasteiger partial charge is 0.486 e. The van der Waals surface area contributed by atoms with E-state index in [1.54, 1.807) is 24.3 Å². The molecule has 0 bridgehead atoms. The second-order valence-electron chi connectivity index (χ2n) is 6.91. The standard InChI is InChI=1S/C22H21NO5/c24-21(25)22(12-4-5-13-22)27-18-10-8-17(9-11-18)26-15-19-14-20(23-28-19)16-6-2-1-3-7-16/h1-3,6-11,14H,4-5,12-13,15H2,(H,24,25). The fraction of sp³-hybridized carbons (Fsp3) is 0.273. The lowest BCUT2D eigenvalue weighted by Crippen LogP contribution is -2.41. The highest BCUT2D eigenvalue weighted by Gasteiger charge is 2.43. The van der Waals surface area contributed by atoms with Crippen molar-refractivity contribution in [3.05, 3.63) is 66.4 Å². The molecule has 0 spiro atoms. The molecule has 0 aliphatic heterocycles. The van der Waals surface area contributed by atoms with E-state index in [2.05, 4.69) is 5.16 Å². The number of hydrogen-bond donors (Lipinski definition) is 1. The summed E-state index contributed by atoms with van der Waals surface area (Å²) in [6.07, 6.45) is 2.82. The van der Waals surface area contributed by atoms with Gasteiger partial charge in [-0.2, -0.15) is 0 Å². The van der Waals surface area contributed by atoms with Crippen molar-refractivity contribution in [3.8, 4) is 22.8 Å². The predicted molar refractivity (Wildman–Crippen MR) is 102 cm³/mol. The van der Waals surface area contributed by atoms with Crippen LogP contribution in [0, 0.1) is 0 Å². The molecule has 6 heteroatoms. The third kappa shape index (κ3) is 3.86. The summed E-state index contributed by atoms with van der Waals surface area (Å²) in [5, 5.41) is 13.6. The average molecular weight is 379 g/mol. The molecule has 1 fully saturated rings. The van der Waals surface area contributed by atoms with Crippen molar-refractivity contribution in [3.63, 3.8) is 0 Å². The molecule has 1 aliphatic rings. The van der Waals surface area contributed by atoms with Crippen molar-refractivity contribution in [1.82, 2.24) is 5.16 Å². The van der Waals surface area contributed by atoms with Gasteiger partial charge in [-0.1, -0.05) is 35.5 Å². The summed E-state index contributed by atoms with van der Waals surface area (Å²) in [4.78, 5) is 11.6. The molecule has 0 amide bonds. The first-order chi connectivity index (χ1) is 13.6. The maximum Gasteiger partial charge on any atom is 0.348 e. The molecule has 1 aromatic heterocycles. The van der Waals surface area contributed by atoms with Gasteiger partial charge in [-0.15, -0.1) is 0 Å². The zero-order chi connectivity index (χ0) is 19.4. The van der Waals surface area contributed by atoms with Gasteiger partial charge in [-0.05, 0) is 49.9 Å². The number of hydrogen-bond acceptors (Lipinski definition) is 5. The number of aromatic nitrogens is 1. The Morgan fingerprint density at radius 3 is 2.39 bits per heavy atom. The number of aliphatic carboxylic acids is 1. The molecule has 2 aromatic carbocycles. The van der Waals surface area contributed by atoms with Crippen LogP contribution in [0.3, 0.4) is 0 Å². The average Bonchev–Trinajstić information content (AvgIpc) is 3.39. The summed E-state index contributed by atoms with van der Waals surface area (Å²) in [6, 6.07) is 18.6. The third-order valence-corrected chi connectivity index (χ3v) is 4.95. The van der Waals surface area contributed by atoms with E-state index in [1.165, 1.54) is 0 Å². The van der Waals surface area contributed by atoms with Crippen molar-refractivity contribution >= 4 is 5.97 Å². The second-order valence-corrected chi connectivity index (χ2v) is 6.91. The molecule has 4 rings (SSSR count). The number of nitrogens with zero attached hydrogens (tertiary/aromatic N) is 1. The van der Waals surface area contributed by atoms with Crippen LogP contribution in [0.25, 0.3) is 11.3 Å². The number of ether oxygens (including phenoxy) is 2. The molecule has 1 heterocycles. The molecule has 1 aliphatic carbocycles. The normalized spacial score (nSPS) is 15.3. The van der Waals surface area contributed by atoms with E-state index in [1.807, 2.05) is 36.4 Å². The number of carboxylic acid groups (broad SMARTS) is 1. The summed E-state index contributed by atoms with van der Waals surface area (Å²) in [5.41, 5.74) is 0.646. The minimum absolute atomic E-state index is 0.249. The first kappa shape index (κ1) is 18.1. The summed E-state index contributed by atoms with van der Waals surface area (Å²) in [7, 11) is 0. The Labute approximate surface area is 162 Å². The Balaban J connectivity index is 1.36. The highest BCUT2D eigenvalue weighted by atomic mass is 16.5. The van der Waals surface area contributed by atoms with E-state index in [-0.39, 0.29) is 6.61 Å². The van der Waals surface area contributed by atoms with E-state index < -0.39 is 11.6 Å². The van der Waals surface area contributed by atoms with Gasteiger partial charge in [-0.25, -0.2) is 4.79 Å². The Kier molecular flexibility index (Phi) is 5.02. The Morgan fingerprint density at radius 1 is 1.04 bits per heavy atom. The fourth-order valence-electron chi connectivity index (χ4n) is 3.42. The van der Waals surface area contributed by atoms with E-state index in [9.17, 15) is 9.90 Å².